The third kappa shape index (κ3) is 7.08. The van der Waals surface area contributed by atoms with Gasteiger partial charge >= 0.3 is 12.1 Å². The summed E-state index contributed by atoms with van der Waals surface area (Å²) in [6.45, 7) is 5.05. The molecule has 1 atom stereocenters. The van der Waals surface area contributed by atoms with Crippen molar-refractivity contribution in [2.45, 2.75) is 45.4 Å². The number of amides is 1. The Balaban J connectivity index is 2.51. The van der Waals surface area contributed by atoms with E-state index in [2.05, 4.69) is 5.32 Å². The second-order valence-electron chi connectivity index (χ2n) is 5.80. The Labute approximate surface area is 130 Å². The highest BCUT2D eigenvalue weighted by Crippen LogP contribution is 2.10. The lowest BCUT2D eigenvalue weighted by atomic mass is 10.1. The van der Waals surface area contributed by atoms with Crippen LogP contribution in [0.5, 0.6) is 0 Å². The summed E-state index contributed by atoms with van der Waals surface area (Å²) < 4.78 is 10.2. The fraction of sp³-hybridized carbons (Fsp3) is 0.500. The molecule has 1 aromatic rings. The number of esters is 1. The van der Waals surface area contributed by atoms with Gasteiger partial charge in [0.25, 0.3) is 0 Å². The number of carbonyl (C=O) groups excluding carboxylic acids is 2. The van der Waals surface area contributed by atoms with Gasteiger partial charge in [0.15, 0.2) is 0 Å². The molecule has 6 nitrogen and oxygen atoms in total. The van der Waals surface area contributed by atoms with Crippen LogP contribution in [0.1, 0.15) is 32.8 Å². The van der Waals surface area contributed by atoms with Gasteiger partial charge in [0.1, 0.15) is 18.2 Å². The molecular weight excluding hydrogens is 286 g/mol. The highest BCUT2D eigenvalue weighted by Gasteiger charge is 2.26. The molecule has 0 aliphatic rings. The fourth-order valence-electron chi connectivity index (χ4n) is 1.66. The van der Waals surface area contributed by atoms with Crippen LogP contribution in [0.15, 0.2) is 30.3 Å². The van der Waals surface area contributed by atoms with E-state index in [0.717, 1.165) is 5.56 Å². The van der Waals surface area contributed by atoms with Crippen LogP contribution in [-0.4, -0.2) is 35.4 Å². The number of hydrogen-bond donors (Lipinski definition) is 2. The van der Waals surface area contributed by atoms with E-state index in [4.69, 9.17) is 14.6 Å². The molecule has 22 heavy (non-hydrogen) atoms. The standard InChI is InChI=1S/C16H23NO5/c1-16(2,3)22-14(19)13(9-10-18)17-15(20)21-11-12-7-5-4-6-8-12/h4-8,13,18H,9-11H2,1-3H3,(H,17,20). The fourth-order valence-corrected chi connectivity index (χ4v) is 1.66. The zero-order valence-electron chi connectivity index (χ0n) is 13.2. The van der Waals surface area contributed by atoms with Crippen LogP contribution >= 0.6 is 0 Å². The minimum Gasteiger partial charge on any atom is -0.458 e. The average Bonchev–Trinajstić information content (AvgIpc) is 2.44. The van der Waals surface area contributed by atoms with Gasteiger partial charge in [0, 0.05) is 13.0 Å². The second-order valence-corrected chi connectivity index (χ2v) is 5.80. The summed E-state index contributed by atoms with van der Waals surface area (Å²) in [7, 11) is 0. The molecule has 0 aliphatic carbocycles. The van der Waals surface area contributed by atoms with Gasteiger partial charge in [-0.05, 0) is 26.3 Å². The lowest BCUT2D eigenvalue weighted by Crippen LogP contribution is -2.44. The Hall–Kier alpha value is -2.08. The van der Waals surface area contributed by atoms with Crippen molar-refractivity contribution in [2.75, 3.05) is 6.61 Å². The minimum absolute atomic E-state index is 0.0648. The first-order valence-corrected chi connectivity index (χ1v) is 7.13. The van der Waals surface area contributed by atoms with Gasteiger partial charge in [-0.15, -0.1) is 0 Å². The predicted octanol–water partition coefficient (Wildman–Crippen LogP) is 2.01. The molecule has 2 N–H and O–H groups in total. The van der Waals surface area contributed by atoms with E-state index in [-0.39, 0.29) is 19.6 Å². The molecule has 1 rings (SSSR count). The lowest BCUT2D eigenvalue weighted by molar-refractivity contribution is -0.157. The Bertz CT molecular complexity index is 481. The van der Waals surface area contributed by atoms with Crippen molar-refractivity contribution in [3.8, 4) is 0 Å². The SMILES string of the molecule is CC(C)(C)OC(=O)C(CCO)NC(=O)OCc1ccccc1. The van der Waals surface area contributed by atoms with E-state index >= 15 is 0 Å². The monoisotopic (exact) mass is 309 g/mol. The summed E-state index contributed by atoms with van der Waals surface area (Å²) in [4.78, 5) is 23.7. The topological polar surface area (TPSA) is 84.9 Å². The maximum atomic E-state index is 12.0. The number of alkyl carbamates (subject to hydrolysis) is 1. The summed E-state index contributed by atoms with van der Waals surface area (Å²) in [5.74, 6) is -0.599. The van der Waals surface area contributed by atoms with E-state index in [0.29, 0.717) is 0 Å². The molecule has 0 bridgehead atoms. The number of aliphatic hydroxyl groups excluding tert-OH is 1. The van der Waals surface area contributed by atoms with Gasteiger partial charge in [0.05, 0.1) is 0 Å². The van der Waals surface area contributed by atoms with Gasteiger partial charge in [0.2, 0.25) is 0 Å². The molecule has 0 spiro atoms. The highest BCUT2D eigenvalue weighted by molar-refractivity contribution is 5.81. The zero-order chi connectivity index (χ0) is 16.6. The summed E-state index contributed by atoms with van der Waals surface area (Å²) >= 11 is 0. The largest absolute Gasteiger partial charge is 0.458 e. The molecule has 0 aromatic heterocycles. The molecule has 0 saturated heterocycles. The van der Waals surface area contributed by atoms with Crippen LogP contribution in [-0.2, 0) is 20.9 Å². The van der Waals surface area contributed by atoms with Crippen LogP contribution in [0.3, 0.4) is 0 Å². The maximum absolute atomic E-state index is 12.0. The first kappa shape index (κ1) is 18.0. The van der Waals surface area contributed by atoms with Crippen molar-refractivity contribution in [3.05, 3.63) is 35.9 Å². The van der Waals surface area contributed by atoms with E-state index in [9.17, 15) is 9.59 Å². The molecule has 0 radical (unpaired) electrons. The third-order valence-corrected chi connectivity index (χ3v) is 2.61. The van der Waals surface area contributed by atoms with Crippen LogP contribution in [0.2, 0.25) is 0 Å². The summed E-state index contributed by atoms with van der Waals surface area (Å²) in [5.41, 5.74) is 0.175. The lowest BCUT2D eigenvalue weighted by Gasteiger charge is -2.24. The van der Waals surface area contributed by atoms with Crippen molar-refractivity contribution in [1.29, 1.82) is 0 Å². The molecule has 6 heteroatoms. The molecule has 0 heterocycles. The summed E-state index contributed by atoms with van der Waals surface area (Å²) in [5, 5.41) is 11.4. The first-order valence-electron chi connectivity index (χ1n) is 7.13. The number of ether oxygens (including phenoxy) is 2. The summed E-state index contributed by atoms with van der Waals surface area (Å²) in [6, 6.07) is 8.26. The molecule has 0 fully saturated rings. The maximum Gasteiger partial charge on any atom is 0.408 e. The van der Waals surface area contributed by atoms with Crippen LogP contribution in [0, 0.1) is 0 Å². The van der Waals surface area contributed by atoms with Crippen molar-refractivity contribution in [2.24, 2.45) is 0 Å². The minimum atomic E-state index is -0.938. The molecule has 1 unspecified atom stereocenters. The molecule has 122 valence electrons. The van der Waals surface area contributed by atoms with Crippen molar-refractivity contribution < 1.29 is 24.2 Å². The second kappa shape index (κ2) is 8.38. The quantitative estimate of drug-likeness (QED) is 0.785. The van der Waals surface area contributed by atoms with Crippen molar-refractivity contribution >= 4 is 12.1 Å². The zero-order valence-corrected chi connectivity index (χ0v) is 13.2. The summed E-state index contributed by atoms with van der Waals surface area (Å²) in [6.07, 6.45) is -0.664. The van der Waals surface area contributed by atoms with Gasteiger partial charge in [-0.2, -0.15) is 0 Å². The van der Waals surface area contributed by atoms with Gasteiger partial charge < -0.3 is 19.9 Å². The molecule has 1 aromatic carbocycles. The van der Waals surface area contributed by atoms with Gasteiger partial charge in [-0.25, -0.2) is 9.59 Å². The normalized spacial score (nSPS) is 12.4. The van der Waals surface area contributed by atoms with Gasteiger partial charge in [-0.3, -0.25) is 0 Å². The predicted molar refractivity (Wildman–Crippen MR) is 81.1 cm³/mol. The Morgan fingerprint density at radius 3 is 2.41 bits per heavy atom. The van der Waals surface area contributed by atoms with Crippen LogP contribution in [0.4, 0.5) is 4.79 Å². The Kier molecular flexibility index (Phi) is 6.85. The number of aliphatic hydroxyl groups is 1. The number of benzene rings is 1. The van der Waals surface area contributed by atoms with E-state index < -0.39 is 23.7 Å². The Morgan fingerprint density at radius 2 is 1.86 bits per heavy atom. The number of hydrogen-bond acceptors (Lipinski definition) is 5. The number of nitrogens with one attached hydrogen (secondary N) is 1. The van der Waals surface area contributed by atoms with E-state index in [1.54, 1.807) is 20.8 Å². The van der Waals surface area contributed by atoms with Crippen molar-refractivity contribution in [3.63, 3.8) is 0 Å². The average molecular weight is 309 g/mol. The van der Waals surface area contributed by atoms with Gasteiger partial charge in [-0.1, -0.05) is 30.3 Å². The molecule has 1 amide bonds. The van der Waals surface area contributed by atoms with Crippen molar-refractivity contribution in [1.82, 2.24) is 5.32 Å². The smallest absolute Gasteiger partial charge is 0.408 e. The number of rotatable bonds is 6. The molecule has 0 saturated carbocycles. The molecular formula is C16H23NO5. The molecule has 0 aliphatic heterocycles. The number of carbonyl (C=O) groups is 2. The van der Waals surface area contributed by atoms with E-state index in [1.165, 1.54) is 0 Å². The third-order valence-electron chi connectivity index (χ3n) is 2.61. The Morgan fingerprint density at radius 1 is 1.23 bits per heavy atom. The first-order chi connectivity index (χ1) is 10.3. The highest BCUT2D eigenvalue weighted by atomic mass is 16.6. The van der Waals surface area contributed by atoms with Crippen LogP contribution < -0.4 is 5.32 Å². The van der Waals surface area contributed by atoms with Crippen LogP contribution in [0.25, 0.3) is 0 Å². The van der Waals surface area contributed by atoms with E-state index in [1.807, 2.05) is 30.3 Å².